The number of pyridine rings is 2. The summed E-state index contributed by atoms with van der Waals surface area (Å²) in [5.74, 6) is 4.44. The van der Waals surface area contributed by atoms with E-state index in [1.54, 1.807) is 11.0 Å². The third-order valence-corrected chi connectivity index (χ3v) is 15.8. The normalized spacial score (nSPS) is 19.0. The van der Waals surface area contributed by atoms with Crippen molar-refractivity contribution < 1.29 is 29.2 Å². The van der Waals surface area contributed by atoms with Gasteiger partial charge in [-0.05, 0) is 163 Å². The molecule has 4 aliphatic rings. The molecule has 12 rings (SSSR count). The first-order chi connectivity index (χ1) is 38.5. The predicted molar refractivity (Wildman–Crippen MR) is 312 cm³/mol. The van der Waals surface area contributed by atoms with Crippen LogP contribution in [0.4, 0.5) is 16.2 Å². The van der Waals surface area contributed by atoms with E-state index in [0.717, 1.165) is 87.8 Å². The van der Waals surface area contributed by atoms with E-state index in [2.05, 4.69) is 128 Å². The van der Waals surface area contributed by atoms with Crippen LogP contribution in [0.15, 0.2) is 182 Å². The molecule has 404 valence electrons. The largest absolute Gasteiger partial charge is 0.508 e. The van der Waals surface area contributed by atoms with Gasteiger partial charge in [-0.25, -0.2) is 14.8 Å². The first-order valence-electron chi connectivity index (χ1n) is 27.9. The minimum absolute atomic E-state index is 0.189. The van der Waals surface area contributed by atoms with Gasteiger partial charge in [0.2, 0.25) is 11.8 Å². The minimum Gasteiger partial charge on any atom is -0.508 e. The van der Waals surface area contributed by atoms with Crippen LogP contribution in [0.3, 0.4) is 0 Å². The van der Waals surface area contributed by atoms with Crippen LogP contribution < -0.4 is 24.6 Å². The second-order valence-electron chi connectivity index (χ2n) is 22.1. The number of phenols is 2. The van der Waals surface area contributed by atoms with Crippen LogP contribution in [0, 0.1) is 0 Å². The van der Waals surface area contributed by atoms with Crippen molar-refractivity contribution >= 4 is 17.5 Å². The number of aryl methyl sites for hydroxylation is 2. The average molecular weight is 1060 g/mol. The molecule has 2 saturated heterocycles. The van der Waals surface area contributed by atoms with Crippen molar-refractivity contribution in [3.63, 3.8) is 0 Å². The van der Waals surface area contributed by atoms with Crippen LogP contribution in [0.25, 0.3) is 0 Å². The standard InChI is InChI=1S/C36H39N3O4.C31H31N3O2/c1-36(2,3)43-35(41)39-21-19-38(20-22-39)28-12-18-33(37-24-28)42-30-14-9-26(10-15-30)34-31(25-7-5-4-6-8-25)16-11-27-23-29(40)13-17-32(27)34;35-26-10-14-29-24(20-26)8-13-28(22-4-2-1-3-5-22)31(29)23-6-11-27(12-7-23)36-30-15-9-25(21-33-30)34-18-16-32-17-19-34/h4-10,12-15,17-18,23-24,31,34,40H,11,16,19-22H2,1-3H3;1-7,9-12,14-15,20-21,28,31-32,35H,8,13,16-19H2/t31-,34+;28-,31+/m11/s1. The third kappa shape index (κ3) is 12.7. The van der Waals surface area contributed by atoms with Gasteiger partial charge in [-0.3, -0.25) is 0 Å². The van der Waals surface area contributed by atoms with Gasteiger partial charge in [0.15, 0.2) is 0 Å². The van der Waals surface area contributed by atoms with Crippen molar-refractivity contribution in [2.24, 2.45) is 0 Å². The molecule has 4 atom stereocenters. The highest BCUT2D eigenvalue weighted by atomic mass is 16.6. The second-order valence-corrected chi connectivity index (χ2v) is 22.1. The number of carbonyl (C=O) groups is 1. The zero-order valence-corrected chi connectivity index (χ0v) is 45.4. The molecule has 2 fully saturated rings. The molecule has 12 heteroatoms. The number of phenolic OH excluding ortho intramolecular Hbond substituents is 2. The van der Waals surface area contributed by atoms with Crippen LogP contribution in [0.1, 0.15) is 102 Å². The van der Waals surface area contributed by atoms with Gasteiger partial charge >= 0.3 is 6.09 Å². The van der Waals surface area contributed by atoms with Gasteiger partial charge in [0.1, 0.15) is 28.6 Å². The summed E-state index contributed by atoms with van der Waals surface area (Å²) in [6.07, 6.45) is 7.45. The summed E-state index contributed by atoms with van der Waals surface area (Å²) in [5.41, 5.74) is 11.8. The van der Waals surface area contributed by atoms with E-state index >= 15 is 0 Å². The number of carbonyl (C=O) groups excluding carboxylic acids is 1. The topological polar surface area (TPSA) is 133 Å². The maximum Gasteiger partial charge on any atom is 0.410 e. The fourth-order valence-corrected chi connectivity index (χ4v) is 11.9. The van der Waals surface area contributed by atoms with Crippen molar-refractivity contribution in [2.75, 3.05) is 62.2 Å². The van der Waals surface area contributed by atoms with Crippen LogP contribution >= 0.6 is 0 Å². The van der Waals surface area contributed by atoms with E-state index in [9.17, 15) is 15.0 Å². The molecule has 0 unspecified atom stereocenters. The highest BCUT2D eigenvalue weighted by Gasteiger charge is 2.34. The highest BCUT2D eigenvalue weighted by Crippen LogP contribution is 2.49. The van der Waals surface area contributed by atoms with E-state index in [1.165, 1.54) is 44.5 Å². The van der Waals surface area contributed by atoms with Gasteiger partial charge in [-0.15, -0.1) is 0 Å². The quantitative estimate of drug-likeness (QED) is 0.121. The van der Waals surface area contributed by atoms with E-state index < -0.39 is 5.60 Å². The van der Waals surface area contributed by atoms with Gasteiger partial charge in [-0.2, -0.15) is 0 Å². The molecule has 6 aromatic carbocycles. The molecule has 79 heavy (non-hydrogen) atoms. The number of hydrogen-bond acceptors (Lipinski definition) is 11. The molecule has 0 radical (unpaired) electrons. The molecule has 0 bridgehead atoms. The Morgan fingerprint density at radius 2 is 0.962 bits per heavy atom. The lowest BCUT2D eigenvalue weighted by Crippen LogP contribution is -2.50. The van der Waals surface area contributed by atoms with Crippen LogP contribution in [0.2, 0.25) is 0 Å². The Morgan fingerprint density at radius 3 is 1.38 bits per heavy atom. The SMILES string of the molecule is CC(C)(C)OC(=O)N1CCN(c2ccc(Oc3ccc([C@@H]4c5ccc(O)cc5CC[C@@H]4c4ccccc4)cc3)nc2)CC1.Oc1ccc2c(c1)CC[C@H](c1ccccc1)[C@@H]2c1ccc(Oc2ccc(N3CCNCC3)cn2)cc1. The maximum atomic E-state index is 12.4. The molecule has 2 aliphatic heterocycles. The smallest absolute Gasteiger partial charge is 0.410 e. The summed E-state index contributed by atoms with van der Waals surface area (Å²) in [6, 6.07) is 57.8. The number of nitrogens with one attached hydrogen (secondary N) is 1. The second kappa shape index (κ2) is 23.7. The predicted octanol–water partition coefficient (Wildman–Crippen LogP) is 13.3. The monoisotopic (exact) mass is 1050 g/mol. The molecule has 12 nitrogen and oxygen atoms in total. The average Bonchev–Trinajstić information content (AvgIpc) is 3.48. The van der Waals surface area contributed by atoms with Crippen LogP contribution in [-0.2, 0) is 17.6 Å². The van der Waals surface area contributed by atoms with E-state index in [1.807, 2.05) is 93.8 Å². The number of ether oxygens (including phenoxy) is 3. The fraction of sp³-hybridized carbons (Fsp3) is 0.299. The molecule has 2 aromatic heterocycles. The number of hydrogen-bond donors (Lipinski definition) is 3. The Labute approximate surface area is 464 Å². The number of fused-ring (bicyclic) bond motifs is 2. The van der Waals surface area contributed by atoms with Crippen molar-refractivity contribution in [1.82, 2.24) is 20.2 Å². The molecule has 8 aromatic rings. The summed E-state index contributed by atoms with van der Waals surface area (Å²) in [5, 5.41) is 23.6. The lowest BCUT2D eigenvalue weighted by molar-refractivity contribution is 0.0240. The zero-order chi connectivity index (χ0) is 54.3. The number of amides is 1. The lowest BCUT2D eigenvalue weighted by atomic mass is 9.69. The number of aromatic hydroxyl groups is 2. The van der Waals surface area contributed by atoms with E-state index in [0.29, 0.717) is 48.2 Å². The van der Waals surface area contributed by atoms with Crippen molar-refractivity contribution in [3.8, 4) is 34.8 Å². The Hall–Kier alpha value is -8.35. The number of nitrogens with zero attached hydrogens (tertiary/aromatic N) is 5. The summed E-state index contributed by atoms with van der Waals surface area (Å²) in [7, 11) is 0. The number of piperazine rings is 2. The number of aromatic nitrogens is 2. The summed E-state index contributed by atoms with van der Waals surface area (Å²) >= 11 is 0. The fourth-order valence-electron chi connectivity index (χ4n) is 11.9. The Kier molecular flexibility index (Phi) is 15.8. The lowest BCUT2D eigenvalue weighted by Gasteiger charge is -2.36. The van der Waals surface area contributed by atoms with Gasteiger partial charge in [0.25, 0.3) is 0 Å². The molecule has 2 aliphatic carbocycles. The van der Waals surface area contributed by atoms with Gasteiger partial charge in [-0.1, -0.05) is 97.1 Å². The molecule has 1 amide bonds. The minimum atomic E-state index is -0.495. The van der Waals surface area contributed by atoms with Gasteiger partial charge < -0.3 is 44.4 Å². The molecule has 0 saturated carbocycles. The Balaban J connectivity index is 0.000000170. The number of rotatable bonds is 10. The van der Waals surface area contributed by atoms with Crippen LogP contribution in [-0.4, -0.2) is 89.1 Å². The Morgan fingerprint density at radius 1 is 0.519 bits per heavy atom. The van der Waals surface area contributed by atoms with Gasteiger partial charge in [0.05, 0.1) is 23.8 Å². The highest BCUT2D eigenvalue weighted by molar-refractivity contribution is 5.68. The maximum absolute atomic E-state index is 12.4. The molecule has 3 N–H and O–H groups in total. The third-order valence-electron chi connectivity index (χ3n) is 15.8. The molecular formula is C67H70N6O6. The number of anilines is 2. The van der Waals surface area contributed by atoms with E-state index in [4.69, 9.17) is 14.2 Å². The zero-order valence-electron chi connectivity index (χ0n) is 45.4. The number of benzene rings is 6. The molecule has 0 spiro atoms. The van der Waals surface area contributed by atoms with E-state index in [-0.39, 0.29) is 17.9 Å². The molecular weight excluding hydrogens is 985 g/mol. The first-order valence-corrected chi connectivity index (χ1v) is 27.9. The summed E-state index contributed by atoms with van der Waals surface area (Å²) < 4.78 is 17.7. The van der Waals surface area contributed by atoms with Crippen molar-refractivity contribution in [3.05, 3.63) is 227 Å². The summed E-state index contributed by atoms with van der Waals surface area (Å²) in [6.45, 7) is 12.3. The molecule has 4 heterocycles. The van der Waals surface area contributed by atoms with Crippen molar-refractivity contribution in [1.29, 1.82) is 0 Å². The van der Waals surface area contributed by atoms with Crippen LogP contribution in [0.5, 0.6) is 34.8 Å². The summed E-state index contributed by atoms with van der Waals surface area (Å²) in [4.78, 5) is 27.8. The Bertz CT molecular complexity index is 3290. The first kappa shape index (κ1) is 52.7. The van der Waals surface area contributed by atoms with Gasteiger partial charge in [0, 0.05) is 76.3 Å². The van der Waals surface area contributed by atoms with Crippen molar-refractivity contribution in [2.45, 2.75) is 75.7 Å².